The average molecular weight is 351 g/mol. The zero-order valence-corrected chi connectivity index (χ0v) is 15.1. The van der Waals surface area contributed by atoms with E-state index >= 15 is 0 Å². The Morgan fingerprint density at radius 2 is 1.69 bits per heavy atom. The Hall–Kier alpha value is -2.33. The Kier molecular flexibility index (Phi) is 4.68. The number of amides is 1. The maximum Gasteiger partial charge on any atom is 0.410 e. The van der Waals surface area contributed by atoms with E-state index in [1.54, 1.807) is 4.90 Å². The Bertz CT molecular complexity index is 758. The summed E-state index contributed by atoms with van der Waals surface area (Å²) in [4.78, 5) is 14.4. The summed E-state index contributed by atoms with van der Waals surface area (Å²) in [6.07, 6.45) is 1.61. The SMILES string of the molecule is C[C@@H]1CC[C@@H](CO)CN1C(=O)OCC1c2ccccc2-c2ccccc21. The van der Waals surface area contributed by atoms with Crippen LogP contribution in [0.25, 0.3) is 11.1 Å². The number of piperidine rings is 1. The first-order valence-electron chi connectivity index (χ1n) is 9.41. The Balaban J connectivity index is 1.50. The average Bonchev–Trinajstić information content (AvgIpc) is 3.00. The van der Waals surface area contributed by atoms with Gasteiger partial charge in [-0.1, -0.05) is 48.5 Å². The topological polar surface area (TPSA) is 49.8 Å². The molecule has 136 valence electrons. The molecule has 2 atom stereocenters. The van der Waals surface area contributed by atoms with Gasteiger partial charge in [0.05, 0.1) is 0 Å². The van der Waals surface area contributed by atoms with Gasteiger partial charge in [-0.15, -0.1) is 0 Å². The van der Waals surface area contributed by atoms with Gasteiger partial charge in [0, 0.05) is 25.1 Å². The molecule has 4 rings (SSSR count). The van der Waals surface area contributed by atoms with Gasteiger partial charge >= 0.3 is 6.09 Å². The van der Waals surface area contributed by atoms with Crippen LogP contribution in [-0.4, -0.2) is 41.9 Å². The Morgan fingerprint density at radius 3 is 2.31 bits per heavy atom. The summed E-state index contributed by atoms with van der Waals surface area (Å²) in [5, 5.41) is 9.42. The molecule has 4 heteroatoms. The van der Waals surface area contributed by atoms with E-state index in [1.165, 1.54) is 22.3 Å². The number of benzene rings is 2. The summed E-state index contributed by atoms with van der Waals surface area (Å²) >= 11 is 0. The van der Waals surface area contributed by atoms with Gasteiger partial charge in [-0.05, 0) is 47.9 Å². The van der Waals surface area contributed by atoms with Crippen molar-refractivity contribution in [2.75, 3.05) is 19.8 Å². The van der Waals surface area contributed by atoms with E-state index in [-0.39, 0.29) is 30.6 Å². The zero-order chi connectivity index (χ0) is 18.1. The van der Waals surface area contributed by atoms with Crippen LogP contribution in [0.5, 0.6) is 0 Å². The van der Waals surface area contributed by atoms with Crippen molar-refractivity contribution >= 4 is 6.09 Å². The first-order chi connectivity index (χ1) is 12.7. The molecule has 0 radical (unpaired) electrons. The van der Waals surface area contributed by atoms with Gasteiger partial charge in [-0.3, -0.25) is 0 Å². The molecule has 0 unspecified atom stereocenters. The highest BCUT2D eigenvalue weighted by atomic mass is 16.6. The number of fused-ring (bicyclic) bond motifs is 3. The molecular formula is C22H25NO3. The van der Waals surface area contributed by atoms with Gasteiger partial charge in [0.15, 0.2) is 0 Å². The lowest BCUT2D eigenvalue weighted by molar-refractivity contribution is 0.0502. The summed E-state index contributed by atoms with van der Waals surface area (Å²) in [7, 11) is 0. The molecule has 26 heavy (non-hydrogen) atoms. The second-order valence-electron chi connectivity index (χ2n) is 7.43. The molecule has 1 amide bonds. The lowest BCUT2D eigenvalue weighted by Gasteiger charge is -2.36. The van der Waals surface area contributed by atoms with E-state index in [1.807, 2.05) is 12.1 Å². The first-order valence-corrected chi connectivity index (χ1v) is 9.41. The lowest BCUT2D eigenvalue weighted by atomic mass is 9.94. The second-order valence-corrected chi connectivity index (χ2v) is 7.43. The Labute approximate surface area is 154 Å². The van der Waals surface area contributed by atoms with E-state index in [4.69, 9.17) is 4.74 Å². The number of nitrogens with zero attached hydrogens (tertiary/aromatic N) is 1. The van der Waals surface area contributed by atoms with Crippen molar-refractivity contribution in [2.24, 2.45) is 5.92 Å². The molecule has 0 saturated carbocycles. The molecule has 1 heterocycles. The maximum atomic E-state index is 12.7. The Morgan fingerprint density at radius 1 is 1.08 bits per heavy atom. The molecule has 1 N–H and O–H groups in total. The van der Waals surface area contributed by atoms with Gasteiger partial charge in [-0.2, -0.15) is 0 Å². The normalized spacial score (nSPS) is 22.0. The minimum Gasteiger partial charge on any atom is -0.448 e. The molecule has 1 aliphatic carbocycles. The maximum absolute atomic E-state index is 12.7. The van der Waals surface area contributed by atoms with Crippen molar-refractivity contribution in [3.63, 3.8) is 0 Å². The third kappa shape index (κ3) is 2.99. The summed E-state index contributed by atoms with van der Waals surface area (Å²) < 4.78 is 5.75. The van der Waals surface area contributed by atoms with Crippen molar-refractivity contribution in [1.82, 2.24) is 4.90 Å². The van der Waals surface area contributed by atoms with E-state index < -0.39 is 0 Å². The molecule has 2 aliphatic rings. The van der Waals surface area contributed by atoms with E-state index in [9.17, 15) is 9.90 Å². The van der Waals surface area contributed by atoms with Crippen LogP contribution in [0.2, 0.25) is 0 Å². The van der Waals surface area contributed by atoms with Crippen molar-refractivity contribution in [1.29, 1.82) is 0 Å². The molecular weight excluding hydrogens is 326 g/mol. The molecule has 2 aromatic carbocycles. The third-order valence-electron chi connectivity index (χ3n) is 5.81. The second kappa shape index (κ2) is 7.12. The highest BCUT2D eigenvalue weighted by Crippen LogP contribution is 2.44. The summed E-state index contributed by atoms with van der Waals surface area (Å²) in [5.74, 6) is 0.242. The van der Waals surface area contributed by atoms with E-state index in [0.29, 0.717) is 13.2 Å². The molecule has 1 saturated heterocycles. The number of carbonyl (C=O) groups excluding carboxylic acids is 1. The summed E-state index contributed by atoms with van der Waals surface area (Å²) in [6.45, 7) is 3.10. The molecule has 0 spiro atoms. The minimum absolute atomic E-state index is 0.0834. The lowest BCUT2D eigenvalue weighted by Crippen LogP contribution is -2.46. The highest BCUT2D eigenvalue weighted by Gasteiger charge is 2.32. The molecule has 2 aromatic rings. The molecule has 0 aromatic heterocycles. The zero-order valence-electron chi connectivity index (χ0n) is 15.1. The number of aliphatic hydroxyl groups excluding tert-OH is 1. The van der Waals surface area contributed by atoms with Crippen LogP contribution in [0.3, 0.4) is 0 Å². The van der Waals surface area contributed by atoms with E-state index in [0.717, 1.165) is 12.8 Å². The van der Waals surface area contributed by atoms with Gasteiger partial charge in [0.2, 0.25) is 0 Å². The predicted molar refractivity (Wildman–Crippen MR) is 101 cm³/mol. The molecule has 4 nitrogen and oxygen atoms in total. The molecule has 0 bridgehead atoms. The van der Waals surface area contributed by atoms with Crippen LogP contribution < -0.4 is 0 Å². The fourth-order valence-corrected chi connectivity index (χ4v) is 4.26. The predicted octanol–water partition coefficient (Wildman–Crippen LogP) is 4.03. The smallest absolute Gasteiger partial charge is 0.410 e. The van der Waals surface area contributed by atoms with Crippen LogP contribution >= 0.6 is 0 Å². The van der Waals surface area contributed by atoms with Crippen LogP contribution in [0.4, 0.5) is 4.79 Å². The van der Waals surface area contributed by atoms with Gasteiger partial charge in [0.25, 0.3) is 0 Å². The monoisotopic (exact) mass is 351 g/mol. The van der Waals surface area contributed by atoms with Gasteiger partial charge in [-0.25, -0.2) is 4.79 Å². The number of likely N-dealkylation sites (tertiary alicyclic amines) is 1. The van der Waals surface area contributed by atoms with Crippen molar-refractivity contribution in [3.05, 3.63) is 59.7 Å². The number of rotatable bonds is 3. The summed E-state index contributed by atoms with van der Waals surface area (Å²) in [5.41, 5.74) is 4.91. The first kappa shape index (κ1) is 17.1. The van der Waals surface area contributed by atoms with E-state index in [2.05, 4.69) is 43.3 Å². The van der Waals surface area contributed by atoms with Crippen LogP contribution in [0, 0.1) is 5.92 Å². The number of carbonyl (C=O) groups is 1. The highest BCUT2D eigenvalue weighted by molar-refractivity contribution is 5.79. The molecule has 1 fully saturated rings. The van der Waals surface area contributed by atoms with Crippen molar-refractivity contribution in [3.8, 4) is 11.1 Å². The fourth-order valence-electron chi connectivity index (χ4n) is 4.26. The van der Waals surface area contributed by atoms with Gasteiger partial charge < -0.3 is 14.7 Å². The quantitative estimate of drug-likeness (QED) is 0.908. The minimum atomic E-state index is -0.266. The number of hydrogen-bond donors (Lipinski definition) is 1. The fraction of sp³-hybridized carbons (Fsp3) is 0.409. The van der Waals surface area contributed by atoms with Gasteiger partial charge in [0.1, 0.15) is 6.61 Å². The van der Waals surface area contributed by atoms with Crippen LogP contribution in [0.15, 0.2) is 48.5 Å². The van der Waals surface area contributed by atoms with Crippen molar-refractivity contribution in [2.45, 2.75) is 31.7 Å². The number of aliphatic hydroxyl groups is 1. The summed E-state index contributed by atoms with van der Waals surface area (Å²) in [6, 6.07) is 16.9. The molecule has 1 aliphatic heterocycles. The van der Waals surface area contributed by atoms with Crippen LogP contribution in [-0.2, 0) is 4.74 Å². The number of ether oxygens (including phenoxy) is 1. The standard InChI is InChI=1S/C22H25NO3/c1-15-10-11-16(13-24)12-23(15)22(25)26-14-21-19-8-4-2-6-17(19)18-7-3-5-9-20(18)21/h2-9,15-16,21,24H,10-14H2,1H3/t15-,16-/m1/s1. The third-order valence-corrected chi connectivity index (χ3v) is 5.81. The van der Waals surface area contributed by atoms with Crippen molar-refractivity contribution < 1.29 is 14.6 Å². The largest absolute Gasteiger partial charge is 0.448 e. The van der Waals surface area contributed by atoms with Crippen LogP contribution in [0.1, 0.15) is 36.8 Å². The number of hydrogen-bond acceptors (Lipinski definition) is 3.